The fourth-order valence-electron chi connectivity index (χ4n) is 4.17. The number of nitrogens with two attached hydrogens (primary N) is 1. The number of unbranched alkanes of at least 4 members (excludes halogenated alkanes) is 2. The Kier molecular flexibility index (Phi) is 15.3. The molecule has 0 aliphatic carbocycles. The number of aliphatic hydroxyl groups excluding tert-OH is 2. The Morgan fingerprint density at radius 2 is 1.84 bits per heavy atom. The van der Waals surface area contributed by atoms with E-state index in [4.69, 9.17) is 19.7 Å². The fourth-order valence-corrected chi connectivity index (χ4v) is 4.17. The average Bonchev–Trinajstić information content (AvgIpc) is 3.65. The molecule has 51 heavy (non-hydrogen) atoms. The minimum atomic E-state index is -1.41. The van der Waals surface area contributed by atoms with E-state index in [1.54, 1.807) is 13.0 Å². The summed E-state index contributed by atoms with van der Waals surface area (Å²) in [6, 6.07) is 11.4. The molecule has 2 amide bonds. The Morgan fingerprint density at radius 3 is 2.43 bits per heavy atom. The van der Waals surface area contributed by atoms with Crippen molar-refractivity contribution in [1.29, 1.82) is 0 Å². The van der Waals surface area contributed by atoms with E-state index in [1.165, 1.54) is 6.92 Å². The molecule has 4 atom stereocenters. The van der Waals surface area contributed by atoms with Crippen molar-refractivity contribution in [2.45, 2.75) is 71.1 Å². The zero-order chi connectivity index (χ0) is 37.5. The van der Waals surface area contributed by atoms with Gasteiger partial charge in [0.2, 0.25) is 0 Å². The molecule has 276 valence electrons. The summed E-state index contributed by atoms with van der Waals surface area (Å²) in [6.07, 6.45) is -1.48. The molecular formula is C31H39F2N9O9. The predicted octanol–water partition coefficient (Wildman–Crippen LogP) is 1.67. The van der Waals surface area contributed by atoms with E-state index in [0.29, 0.717) is 18.7 Å². The van der Waals surface area contributed by atoms with Gasteiger partial charge in [-0.2, -0.15) is 9.97 Å². The minimum absolute atomic E-state index is 0.177. The van der Waals surface area contributed by atoms with Crippen molar-refractivity contribution in [2.75, 3.05) is 17.7 Å². The number of benzene rings is 1. The summed E-state index contributed by atoms with van der Waals surface area (Å²) < 4.78 is 41.9. The maximum absolute atomic E-state index is 14.1. The second kappa shape index (κ2) is 19.6. The number of H-pyrrole nitrogens is 1. The van der Waals surface area contributed by atoms with Gasteiger partial charge in [-0.1, -0.05) is 55.3 Å². The number of hydrogen-bond donors (Lipinski definition) is 7. The van der Waals surface area contributed by atoms with Crippen molar-refractivity contribution in [3.8, 4) is 0 Å². The molecule has 3 aromatic heterocycles. The van der Waals surface area contributed by atoms with Crippen LogP contribution in [0.25, 0.3) is 0 Å². The number of nitrogen functional groups attached to an aromatic ring is 1. The molecule has 20 heteroatoms. The molecule has 4 heterocycles. The van der Waals surface area contributed by atoms with E-state index in [1.807, 2.05) is 42.2 Å². The predicted molar refractivity (Wildman–Crippen MR) is 176 cm³/mol. The van der Waals surface area contributed by atoms with Gasteiger partial charge < -0.3 is 29.9 Å². The normalized spacial score (nSPS) is 17.7. The lowest BCUT2D eigenvalue weighted by atomic mass is 10.1. The molecular weight excluding hydrogens is 680 g/mol. The van der Waals surface area contributed by atoms with Crippen LogP contribution in [0.3, 0.4) is 0 Å². The highest BCUT2D eigenvalue weighted by Gasteiger charge is 2.42. The lowest BCUT2D eigenvalue weighted by Gasteiger charge is -2.17. The number of anilines is 2. The van der Waals surface area contributed by atoms with E-state index in [0.717, 1.165) is 35.4 Å². The van der Waals surface area contributed by atoms with Crippen molar-refractivity contribution >= 4 is 23.6 Å². The molecule has 0 spiro atoms. The Labute approximate surface area is 289 Å². The smallest absolute Gasteiger partial charge is 0.412 e. The van der Waals surface area contributed by atoms with Gasteiger partial charge in [0.25, 0.3) is 5.91 Å². The first-order valence-corrected chi connectivity index (χ1v) is 15.6. The maximum atomic E-state index is 14.1. The van der Waals surface area contributed by atoms with Gasteiger partial charge in [-0.3, -0.25) is 25.1 Å². The van der Waals surface area contributed by atoms with Crippen LogP contribution in [0.4, 0.5) is 25.2 Å². The monoisotopic (exact) mass is 719 g/mol. The number of ether oxygens (including phenoxy) is 2. The highest BCUT2D eigenvalue weighted by molar-refractivity contribution is 5.91. The molecule has 0 radical (unpaired) electrons. The molecule has 18 nitrogen and oxygen atoms in total. The van der Waals surface area contributed by atoms with Crippen LogP contribution in [0.2, 0.25) is 0 Å². The Morgan fingerprint density at radius 1 is 1.12 bits per heavy atom. The fraction of sp³-hybridized carbons (Fsp3) is 0.387. The summed E-state index contributed by atoms with van der Waals surface area (Å²) in [5, 5.41) is 25.2. The number of aliphatic hydroxyl groups is 2. The topological polar surface area (TPSA) is 262 Å². The van der Waals surface area contributed by atoms with Crippen LogP contribution < -0.4 is 33.3 Å². The number of aromatic amines is 1. The number of aromatic nitrogens is 5. The van der Waals surface area contributed by atoms with Crippen molar-refractivity contribution < 1.29 is 42.6 Å². The Balaban J connectivity index is 0.000000231. The molecule has 1 saturated heterocycles. The third-order valence-corrected chi connectivity index (χ3v) is 6.85. The van der Waals surface area contributed by atoms with E-state index in [2.05, 4.69) is 31.3 Å². The molecule has 0 saturated carbocycles. The second-order valence-electron chi connectivity index (χ2n) is 10.9. The van der Waals surface area contributed by atoms with Gasteiger partial charge in [0.05, 0.1) is 25.1 Å². The molecule has 0 unspecified atom stereocenters. The van der Waals surface area contributed by atoms with Gasteiger partial charge in [0.15, 0.2) is 29.4 Å². The molecule has 1 fully saturated rings. The van der Waals surface area contributed by atoms with Crippen molar-refractivity contribution in [2.24, 2.45) is 0 Å². The first kappa shape index (κ1) is 39.9. The summed E-state index contributed by atoms with van der Waals surface area (Å²) in [4.78, 5) is 53.9. The number of halogens is 2. The lowest BCUT2D eigenvalue weighted by Crippen LogP contribution is -2.36. The summed E-state index contributed by atoms with van der Waals surface area (Å²) in [7, 11) is 0. The standard InChI is InChI=1S/C15H22FN3O6.C12H13N3O2.C4H4FN3O/c1-3-4-5-6-24-15(23)18-12-9(16)7-19(14(22)17-12)13-11(21)10(20)8(2)25-13;1-9-7-11(15-17-9)12(16)14-13-8-10-5-3-2-4-6-10;5-2-1-7-4(9)8-3(2)6/h7-8,10-11,13,20-21H,3-6H2,1-2H3,(H,17,18,22,23);2-7,13H,8H2,1H3,(H,14,16);1H,(H3,6,7,8,9)/t8-,10-,11-,13-;;/m1../s1. The maximum Gasteiger partial charge on any atom is 0.412 e. The zero-order valence-electron chi connectivity index (χ0n) is 27.8. The van der Waals surface area contributed by atoms with E-state index in [9.17, 15) is 38.2 Å². The van der Waals surface area contributed by atoms with Gasteiger partial charge in [-0.15, -0.1) is 0 Å². The largest absolute Gasteiger partial charge is 0.449 e. The number of carbonyl (C=O) groups excluding carboxylic acids is 2. The number of rotatable bonds is 10. The van der Waals surface area contributed by atoms with Gasteiger partial charge in [-0.05, 0) is 25.8 Å². The molecule has 8 N–H and O–H groups in total. The Bertz CT molecular complexity index is 1840. The van der Waals surface area contributed by atoms with Crippen LogP contribution in [0.5, 0.6) is 0 Å². The van der Waals surface area contributed by atoms with Crippen molar-refractivity contribution in [3.63, 3.8) is 0 Å². The zero-order valence-corrected chi connectivity index (χ0v) is 27.8. The summed E-state index contributed by atoms with van der Waals surface area (Å²) in [6.45, 7) is 5.98. The summed E-state index contributed by atoms with van der Waals surface area (Å²) >= 11 is 0. The molecule has 1 aliphatic rings. The molecule has 4 aromatic rings. The van der Waals surface area contributed by atoms with Gasteiger partial charge in [0.1, 0.15) is 23.8 Å². The van der Waals surface area contributed by atoms with E-state index in [-0.39, 0.29) is 24.0 Å². The van der Waals surface area contributed by atoms with Gasteiger partial charge in [-0.25, -0.2) is 28.6 Å². The Hall–Kier alpha value is -5.57. The SMILES string of the molecule is CCCCCOC(=O)Nc1nc(=O)n([C@@H]2O[C@H](C)[C@@H](O)[C@H]2O)cc1F.Cc1cc(C(=O)NNCc2ccccc2)no1.Nc1[nH]c(=O)ncc1F. The number of amides is 2. The van der Waals surface area contributed by atoms with E-state index < -0.39 is 59.5 Å². The minimum Gasteiger partial charge on any atom is -0.449 e. The van der Waals surface area contributed by atoms with Crippen LogP contribution >= 0.6 is 0 Å². The summed E-state index contributed by atoms with van der Waals surface area (Å²) in [5.74, 6) is -2.28. The third-order valence-electron chi connectivity index (χ3n) is 6.85. The van der Waals surface area contributed by atoms with Crippen LogP contribution in [-0.4, -0.2) is 71.8 Å². The van der Waals surface area contributed by atoms with Gasteiger partial charge in [0, 0.05) is 12.6 Å². The van der Waals surface area contributed by atoms with Crippen LogP contribution in [0.1, 0.15) is 61.2 Å². The first-order chi connectivity index (χ1) is 24.3. The number of nitrogens with zero attached hydrogens (tertiary/aromatic N) is 4. The number of hydrogen-bond acceptors (Lipinski definition) is 14. The molecule has 0 bridgehead atoms. The number of nitrogens with one attached hydrogen (secondary N) is 4. The number of aryl methyl sites for hydroxylation is 1. The number of hydrazine groups is 1. The van der Waals surface area contributed by atoms with Crippen molar-refractivity contribution in [3.05, 3.63) is 98.4 Å². The highest BCUT2D eigenvalue weighted by Crippen LogP contribution is 2.28. The molecule has 1 aromatic carbocycles. The van der Waals surface area contributed by atoms with Crippen molar-refractivity contribution in [1.82, 2.24) is 35.5 Å². The second-order valence-corrected chi connectivity index (χ2v) is 10.9. The first-order valence-electron chi connectivity index (χ1n) is 15.6. The molecule has 1 aliphatic heterocycles. The molecule has 5 rings (SSSR count). The average molecular weight is 720 g/mol. The van der Waals surface area contributed by atoms with Crippen LogP contribution in [0.15, 0.2) is 62.9 Å². The van der Waals surface area contributed by atoms with Crippen LogP contribution in [0, 0.1) is 18.6 Å². The third kappa shape index (κ3) is 12.4. The highest BCUT2D eigenvalue weighted by atomic mass is 19.1. The van der Waals surface area contributed by atoms with Crippen LogP contribution in [-0.2, 0) is 16.0 Å². The summed E-state index contributed by atoms with van der Waals surface area (Å²) in [5.41, 5.74) is 10.1. The lowest BCUT2D eigenvalue weighted by molar-refractivity contribution is -0.0355. The number of carbonyl (C=O) groups is 2. The van der Waals surface area contributed by atoms with Gasteiger partial charge >= 0.3 is 17.5 Å². The quantitative estimate of drug-likeness (QED) is 0.0909. The van der Waals surface area contributed by atoms with E-state index >= 15 is 0 Å².